The fourth-order valence-electron chi connectivity index (χ4n) is 2.34. The fraction of sp³-hybridized carbons (Fsp3) is 0.294. The maximum absolute atomic E-state index is 13.0. The second kappa shape index (κ2) is 8.48. The lowest BCUT2D eigenvalue weighted by Crippen LogP contribution is -2.37. The van der Waals surface area contributed by atoms with Crippen LogP contribution in [0.2, 0.25) is 5.02 Å². The van der Waals surface area contributed by atoms with Crippen molar-refractivity contribution in [2.24, 2.45) is 5.73 Å². The molecule has 0 aliphatic heterocycles. The lowest BCUT2D eigenvalue weighted by Gasteiger charge is -2.22. The Morgan fingerprint density at radius 3 is 2.46 bits per heavy atom. The van der Waals surface area contributed by atoms with Gasteiger partial charge in [-0.05, 0) is 24.1 Å². The first-order chi connectivity index (χ1) is 11.5. The molecule has 2 rings (SSSR count). The van der Waals surface area contributed by atoms with Crippen LogP contribution in [0, 0.1) is 0 Å². The van der Waals surface area contributed by atoms with Crippen LogP contribution in [0.5, 0.6) is 5.75 Å². The van der Waals surface area contributed by atoms with E-state index in [-0.39, 0.29) is 23.0 Å². The minimum atomic E-state index is -3.76. The predicted octanol–water partition coefficient (Wildman–Crippen LogP) is 2.54. The molecule has 0 aliphatic rings. The molecule has 0 radical (unpaired) electrons. The molecule has 0 saturated carbocycles. The number of rotatable bonds is 8. The molecular weight excluding hydrogens is 348 g/mol. The average Bonchev–Trinajstić information content (AvgIpc) is 2.59. The van der Waals surface area contributed by atoms with Gasteiger partial charge in [-0.15, -0.1) is 0 Å². The normalized spacial score (nSPS) is 11.7. The van der Waals surface area contributed by atoms with Crippen LogP contribution in [0.25, 0.3) is 0 Å². The lowest BCUT2D eigenvalue weighted by molar-refractivity contribution is 0.409. The summed E-state index contributed by atoms with van der Waals surface area (Å²) in [6, 6.07) is 14.3. The summed E-state index contributed by atoms with van der Waals surface area (Å²) in [6.07, 6.45) is 0.599. The van der Waals surface area contributed by atoms with Crippen LogP contribution in [0.3, 0.4) is 0 Å². The van der Waals surface area contributed by atoms with Crippen LogP contribution >= 0.6 is 11.6 Å². The third kappa shape index (κ3) is 4.48. The molecule has 2 aromatic carbocycles. The number of halogens is 1. The molecule has 7 heteroatoms. The SMILES string of the molecule is COc1ccc(Cl)c(S(=O)(=O)N(CCN)CCc2ccccc2)c1. The molecule has 2 aromatic rings. The van der Waals surface area contributed by atoms with Gasteiger partial charge in [0, 0.05) is 25.7 Å². The molecular formula is C17H21ClN2O3S. The summed E-state index contributed by atoms with van der Waals surface area (Å²) in [5, 5.41) is 0.164. The van der Waals surface area contributed by atoms with E-state index in [2.05, 4.69) is 0 Å². The summed E-state index contributed by atoms with van der Waals surface area (Å²) in [4.78, 5) is 0.0324. The minimum absolute atomic E-state index is 0.0324. The fourth-order valence-corrected chi connectivity index (χ4v) is 4.29. The molecule has 2 N–H and O–H groups in total. The highest BCUT2D eigenvalue weighted by Crippen LogP contribution is 2.28. The van der Waals surface area contributed by atoms with Gasteiger partial charge in [0.25, 0.3) is 0 Å². The number of benzene rings is 2. The highest BCUT2D eigenvalue weighted by molar-refractivity contribution is 7.89. The number of methoxy groups -OCH3 is 1. The zero-order chi connectivity index (χ0) is 17.6. The summed E-state index contributed by atoms with van der Waals surface area (Å²) < 4.78 is 32.4. The third-order valence-electron chi connectivity index (χ3n) is 3.63. The van der Waals surface area contributed by atoms with Crippen molar-refractivity contribution in [3.8, 4) is 5.75 Å². The van der Waals surface area contributed by atoms with E-state index in [4.69, 9.17) is 22.1 Å². The van der Waals surface area contributed by atoms with Crippen LogP contribution in [0.15, 0.2) is 53.4 Å². The quantitative estimate of drug-likeness (QED) is 0.777. The van der Waals surface area contributed by atoms with Gasteiger partial charge >= 0.3 is 0 Å². The first kappa shape index (κ1) is 18.7. The lowest BCUT2D eigenvalue weighted by atomic mass is 10.1. The molecule has 0 atom stereocenters. The summed E-state index contributed by atoms with van der Waals surface area (Å²) in [5.74, 6) is 0.439. The van der Waals surface area contributed by atoms with Crippen LogP contribution in [0.4, 0.5) is 0 Å². The zero-order valence-electron chi connectivity index (χ0n) is 13.5. The van der Waals surface area contributed by atoms with Gasteiger partial charge in [0.2, 0.25) is 10.0 Å². The van der Waals surface area contributed by atoms with Crippen molar-refractivity contribution in [3.63, 3.8) is 0 Å². The number of hydrogen-bond donors (Lipinski definition) is 1. The smallest absolute Gasteiger partial charge is 0.244 e. The Morgan fingerprint density at radius 1 is 1.12 bits per heavy atom. The van der Waals surface area contributed by atoms with Gasteiger partial charge in [-0.3, -0.25) is 0 Å². The molecule has 0 saturated heterocycles. The average molecular weight is 369 g/mol. The Hall–Kier alpha value is -1.60. The monoisotopic (exact) mass is 368 g/mol. The minimum Gasteiger partial charge on any atom is -0.497 e. The Labute approximate surface area is 148 Å². The van der Waals surface area contributed by atoms with E-state index in [0.717, 1.165) is 5.56 Å². The summed E-state index contributed by atoms with van der Waals surface area (Å²) >= 11 is 6.11. The van der Waals surface area contributed by atoms with Gasteiger partial charge in [0.15, 0.2) is 0 Å². The van der Waals surface area contributed by atoms with Crippen molar-refractivity contribution in [3.05, 3.63) is 59.1 Å². The van der Waals surface area contributed by atoms with E-state index in [0.29, 0.717) is 18.7 Å². The molecule has 130 valence electrons. The number of nitrogens with zero attached hydrogens (tertiary/aromatic N) is 1. The Balaban J connectivity index is 2.28. The molecule has 24 heavy (non-hydrogen) atoms. The van der Waals surface area contributed by atoms with Gasteiger partial charge in [-0.25, -0.2) is 8.42 Å². The van der Waals surface area contributed by atoms with Gasteiger partial charge in [0.05, 0.1) is 12.1 Å². The van der Waals surface area contributed by atoms with Crippen molar-refractivity contribution in [2.75, 3.05) is 26.7 Å². The highest BCUT2D eigenvalue weighted by Gasteiger charge is 2.26. The largest absolute Gasteiger partial charge is 0.497 e. The van der Waals surface area contributed by atoms with Crippen molar-refractivity contribution < 1.29 is 13.2 Å². The van der Waals surface area contributed by atoms with E-state index in [9.17, 15) is 8.42 Å². The number of sulfonamides is 1. The predicted molar refractivity (Wildman–Crippen MR) is 96.0 cm³/mol. The van der Waals surface area contributed by atoms with E-state index in [1.165, 1.54) is 23.5 Å². The molecule has 5 nitrogen and oxygen atoms in total. The maximum atomic E-state index is 13.0. The van der Waals surface area contributed by atoms with Gasteiger partial charge in [-0.2, -0.15) is 4.31 Å². The molecule has 0 amide bonds. The first-order valence-electron chi connectivity index (χ1n) is 7.56. The Kier molecular flexibility index (Phi) is 6.62. The summed E-state index contributed by atoms with van der Waals surface area (Å²) in [6.45, 7) is 0.787. The Morgan fingerprint density at radius 2 is 1.83 bits per heavy atom. The number of nitrogens with two attached hydrogens (primary N) is 1. The van der Waals surface area contributed by atoms with Crippen molar-refractivity contribution in [2.45, 2.75) is 11.3 Å². The van der Waals surface area contributed by atoms with Crippen LogP contribution < -0.4 is 10.5 Å². The number of ether oxygens (including phenoxy) is 1. The number of hydrogen-bond acceptors (Lipinski definition) is 4. The Bertz CT molecular complexity index is 767. The van der Waals surface area contributed by atoms with Crippen LogP contribution in [0.1, 0.15) is 5.56 Å². The van der Waals surface area contributed by atoms with E-state index >= 15 is 0 Å². The van der Waals surface area contributed by atoms with Crippen molar-refractivity contribution >= 4 is 21.6 Å². The van der Waals surface area contributed by atoms with Crippen molar-refractivity contribution in [1.29, 1.82) is 0 Å². The van der Waals surface area contributed by atoms with Gasteiger partial charge in [-0.1, -0.05) is 41.9 Å². The standard InChI is InChI=1S/C17H21ClN2O3S/c1-23-15-7-8-16(18)17(13-15)24(21,22)20(12-10-19)11-9-14-5-3-2-4-6-14/h2-8,13H,9-12,19H2,1H3. The van der Waals surface area contributed by atoms with E-state index in [1.807, 2.05) is 30.3 Å². The van der Waals surface area contributed by atoms with Gasteiger partial charge < -0.3 is 10.5 Å². The molecule has 0 bridgehead atoms. The molecule has 0 heterocycles. The molecule has 0 aliphatic carbocycles. The first-order valence-corrected chi connectivity index (χ1v) is 9.38. The van der Waals surface area contributed by atoms with E-state index in [1.54, 1.807) is 6.07 Å². The highest BCUT2D eigenvalue weighted by atomic mass is 35.5. The van der Waals surface area contributed by atoms with Crippen molar-refractivity contribution in [1.82, 2.24) is 4.31 Å². The molecule has 0 fully saturated rings. The molecule has 0 spiro atoms. The molecule has 0 aromatic heterocycles. The summed E-state index contributed by atoms with van der Waals surface area (Å²) in [5.41, 5.74) is 6.67. The second-order valence-corrected chi connectivity index (χ2v) is 7.54. The topological polar surface area (TPSA) is 72.6 Å². The summed E-state index contributed by atoms with van der Waals surface area (Å²) in [7, 11) is -2.28. The zero-order valence-corrected chi connectivity index (χ0v) is 15.1. The maximum Gasteiger partial charge on any atom is 0.244 e. The molecule has 0 unspecified atom stereocenters. The second-order valence-electron chi connectivity index (χ2n) is 5.22. The van der Waals surface area contributed by atoms with Crippen LogP contribution in [-0.4, -0.2) is 39.5 Å². The van der Waals surface area contributed by atoms with Gasteiger partial charge in [0.1, 0.15) is 10.6 Å². The van der Waals surface area contributed by atoms with Crippen LogP contribution in [-0.2, 0) is 16.4 Å². The third-order valence-corrected chi connectivity index (χ3v) is 6.01. The van der Waals surface area contributed by atoms with E-state index < -0.39 is 10.0 Å².